The van der Waals surface area contributed by atoms with Crippen molar-refractivity contribution in [2.24, 2.45) is 0 Å². The standard InChI is InChI=1S/C26H25N5O2S/c1-20(32)31(24-11-7-4-8-12-24)26-28-23(19-34-26)13-14-25(33)29(2)16-22-15-27-30(18-22)17-21-9-5-3-6-10-21/h3-15,18-19H,16-17H2,1-2H3. The SMILES string of the molecule is CC(=O)N(c1ccccc1)c1nc(C=CC(=O)N(C)Cc2cnn(Cc3ccccc3)c2)cs1. The number of nitrogens with zero attached hydrogens (tertiary/aromatic N) is 5. The third-order valence-corrected chi connectivity index (χ3v) is 5.94. The summed E-state index contributed by atoms with van der Waals surface area (Å²) in [5, 5.41) is 6.78. The van der Waals surface area contributed by atoms with Crippen molar-refractivity contribution in [1.82, 2.24) is 19.7 Å². The highest BCUT2D eigenvalue weighted by molar-refractivity contribution is 7.14. The number of hydrogen-bond donors (Lipinski definition) is 0. The number of aromatic nitrogens is 3. The lowest BCUT2D eigenvalue weighted by atomic mass is 10.2. The van der Waals surface area contributed by atoms with Gasteiger partial charge in [-0.25, -0.2) is 4.98 Å². The third-order valence-electron chi connectivity index (χ3n) is 5.10. The molecule has 172 valence electrons. The maximum atomic E-state index is 12.6. The molecule has 34 heavy (non-hydrogen) atoms. The number of benzene rings is 2. The highest BCUT2D eigenvalue weighted by atomic mass is 32.1. The molecule has 0 saturated heterocycles. The molecule has 0 aliphatic carbocycles. The van der Waals surface area contributed by atoms with Crippen molar-refractivity contribution in [2.45, 2.75) is 20.0 Å². The van der Waals surface area contributed by atoms with Crippen LogP contribution in [0.2, 0.25) is 0 Å². The highest BCUT2D eigenvalue weighted by Gasteiger charge is 2.17. The summed E-state index contributed by atoms with van der Waals surface area (Å²) >= 11 is 1.35. The van der Waals surface area contributed by atoms with Crippen LogP contribution in [0.4, 0.5) is 10.8 Å². The van der Waals surface area contributed by atoms with Gasteiger partial charge in [0.25, 0.3) is 0 Å². The zero-order chi connectivity index (χ0) is 23.9. The van der Waals surface area contributed by atoms with Crippen molar-refractivity contribution in [2.75, 3.05) is 11.9 Å². The Hall–Kier alpha value is -4.04. The maximum absolute atomic E-state index is 12.6. The molecule has 0 bridgehead atoms. The molecule has 4 rings (SSSR count). The molecule has 2 heterocycles. The van der Waals surface area contributed by atoms with Crippen LogP contribution in [0.1, 0.15) is 23.7 Å². The third kappa shape index (κ3) is 5.85. The molecule has 0 aliphatic heterocycles. The molecule has 2 aromatic carbocycles. The van der Waals surface area contributed by atoms with Crippen LogP contribution in [0.15, 0.2) is 84.5 Å². The molecule has 0 N–H and O–H groups in total. The average Bonchev–Trinajstić information content (AvgIpc) is 3.48. The van der Waals surface area contributed by atoms with E-state index in [1.54, 1.807) is 29.1 Å². The Bertz CT molecular complexity index is 1280. The molecule has 0 aliphatic rings. The van der Waals surface area contributed by atoms with E-state index in [4.69, 9.17) is 0 Å². The minimum absolute atomic E-state index is 0.125. The van der Waals surface area contributed by atoms with E-state index in [1.807, 2.05) is 64.8 Å². The first-order chi connectivity index (χ1) is 16.5. The summed E-state index contributed by atoms with van der Waals surface area (Å²) in [6, 6.07) is 19.5. The Morgan fingerprint density at radius 1 is 1.03 bits per heavy atom. The second-order valence-electron chi connectivity index (χ2n) is 7.80. The van der Waals surface area contributed by atoms with Crippen molar-refractivity contribution in [3.05, 3.63) is 101 Å². The zero-order valence-electron chi connectivity index (χ0n) is 19.0. The number of carbonyl (C=O) groups excluding carboxylic acids is 2. The van der Waals surface area contributed by atoms with E-state index in [9.17, 15) is 9.59 Å². The summed E-state index contributed by atoms with van der Waals surface area (Å²) in [5.41, 5.74) is 3.50. The number of thiazole rings is 1. The van der Waals surface area contributed by atoms with Gasteiger partial charge in [-0.2, -0.15) is 5.10 Å². The van der Waals surface area contributed by atoms with Crippen molar-refractivity contribution < 1.29 is 9.59 Å². The first-order valence-corrected chi connectivity index (χ1v) is 11.7. The lowest BCUT2D eigenvalue weighted by Gasteiger charge is -2.17. The molecule has 2 aromatic heterocycles. The maximum Gasteiger partial charge on any atom is 0.246 e. The summed E-state index contributed by atoms with van der Waals surface area (Å²) in [5.74, 6) is -0.267. The molecule has 0 atom stereocenters. The topological polar surface area (TPSA) is 71.3 Å². The molecule has 0 radical (unpaired) electrons. The molecule has 4 aromatic rings. The second kappa shape index (κ2) is 10.7. The van der Waals surface area contributed by atoms with E-state index < -0.39 is 0 Å². The molecular formula is C26H25N5O2S. The lowest BCUT2D eigenvalue weighted by Crippen LogP contribution is -2.24. The normalized spacial score (nSPS) is 11.0. The average molecular weight is 472 g/mol. The zero-order valence-corrected chi connectivity index (χ0v) is 19.9. The van der Waals surface area contributed by atoms with Crippen LogP contribution in [-0.2, 0) is 22.7 Å². The molecule has 0 fully saturated rings. The van der Waals surface area contributed by atoms with E-state index >= 15 is 0 Å². The second-order valence-corrected chi connectivity index (χ2v) is 8.64. The van der Waals surface area contributed by atoms with Crippen molar-refractivity contribution in [1.29, 1.82) is 0 Å². The summed E-state index contributed by atoms with van der Waals surface area (Å²) in [7, 11) is 1.75. The fourth-order valence-electron chi connectivity index (χ4n) is 3.44. The molecule has 0 saturated carbocycles. The van der Waals surface area contributed by atoms with Crippen molar-refractivity contribution in [3.63, 3.8) is 0 Å². The van der Waals surface area contributed by atoms with E-state index in [-0.39, 0.29) is 11.8 Å². The van der Waals surface area contributed by atoms with Gasteiger partial charge in [0.15, 0.2) is 5.13 Å². The number of anilines is 2. The molecule has 8 heteroatoms. The Morgan fingerprint density at radius 3 is 2.44 bits per heavy atom. The van der Waals surface area contributed by atoms with Gasteiger partial charge < -0.3 is 4.90 Å². The van der Waals surface area contributed by atoms with Crippen LogP contribution in [0.3, 0.4) is 0 Å². The van der Waals surface area contributed by atoms with Crippen LogP contribution < -0.4 is 4.90 Å². The van der Waals surface area contributed by atoms with Crippen molar-refractivity contribution >= 4 is 40.0 Å². The molecule has 0 unspecified atom stereocenters. The number of amides is 2. The number of likely N-dealkylation sites (N-methyl/N-ethyl adjacent to an activating group) is 1. The van der Waals surface area contributed by atoms with Gasteiger partial charge in [-0.1, -0.05) is 48.5 Å². The number of hydrogen-bond acceptors (Lipinski definition) is 5. The predicted octanol–water partition coefficient (Wildman–Crippen LogP) is 4.74. The van der Waals surface area contributed by atoms with Gasteiger partial charge in [-0.3, -0.25) is 19.2 Å². The van der Waals surface area contributed by atoms with E-state index in [0.717, 1.165) is 11.3 Å². The Kier molecular flexibility index (Phi) is 7.29. The fraction of sp³-hybridized carbons (Fsp3) is 0.154. The molecular weight excluding hydrogens is 446 g/mol. The van der Waals surface area contributed by atoms with Gasteiger partial charge in [-0.05, 0) is 23.8 Å². The van der Waals surface area contributed by atoms with Crippen LogP contribution in [0.25, 0.3) is 6.08 Å². The quantitative estimate of drug-likeness (QED) is 0.348. The molecule has 0 spiro atoms. The van der Waals surface area contributed by atoms with Gasteiger partial charge in [0.2, 0.25) is 11.8 Å². The minimum atomic E-state index is -0.142. The number of para-hydroxylation sites is 1. The Balaban J connectivity index is 1.36. The van der Waals surface area contributed by atoms with E-state index in [1.165, 1.54) is 29.9 Å². The first-order valence-electron chi connectivity index (χ1n) is 10.8. The van der Waals surface area contributed by atoms with Gasteiger partial charge in [-0.15, -0.1) is 11.3 Å². The summed E-state index contributed by atoms with van der Waals surface area (Å²) in [4.78, 5) is 32.5. The van der Waals surface area contributed by atoms with Crippen LogP contribution in [0, 0.1) is 0 Å². The molecule has 7 nitrogen and oxygen atoms in total. The summed E-state index contributed by atoms with van der Waals surface area (Å²) in [6.45, 7) is 2.64. The first kappa shape index (κ1) is 23.1. The smallest absolute Gasteiger partial charge is 0.246 e. The monoisotopic (exact) mass is 471 g/mol. The number of rotatable bonds is 8. The van der Waals surface area contributed by atoms with Gasteiger partial charge in [0.05, 0.1) is 24.1 Å². The summed E-state index contributed by atoms with van der Waals surface area (Å²) < 4.78 is 1.86. The lowest BCUT2D eigenvalue weighted by molar-refractivity contribution is -0.125. The van der Waals surface area contributed by atoms with Gasteiger partial charge >= 0.3 is 0 Å². The summed E-state index contributed by atoms with van der Waals surface area (Å²) in [6.07, 6.45) is 6.89. The minimum Gasteiger partial charge on any atom is -0.338 e. The van der Waals surface area contributed by atoms with Gasteiger partial charge in [0.1, 0.15) is 0 Å². The van der Waals surface area contributed by atoms with E-state index in [0.29, 0.717) is 23.9 Å². The van der Waals surface area contributed by atoms with Crippen LogP contribution in [0.5, 0.6) is 0 Å². The van der Waals surface area contributed by atoms with Crippen molar-refractivity contribution in [3.8, 4) is 0 Å². The fourth-order valence-corrected chi connectivity index (χ4v) is 4.30. The number of carbonyl (C=O) groups is 2. The van der Waals surface area contributed by atoms with Crippen LogP contribution >= 0.6 is 11.3 Å². The molecule has 2 amide bonds. The largest absolute Gasteiger partial charge is 0.338 e. The van der Waals surface area contributed by atoms with E-state index in [2.05, 4.69) is 22.2 Å². The Morgan fingerprint density at radius 2 is 1.74 bits per heavy atom. The van der Waals surface area contributed by atoms with Gasteiger partial charge in [0, 0.05) is 43.7 Å². The van der Waals surface area contributed by atoms with Crippen LogP contribution in [-0.4, -0.2) is 38.5 Å². The predicted molar refractivity (Wildman–Crippen MR) is 135 cm³/mol. The highest BCUT2D eigenvalue weighted by Crippen LogP contribution is 2.29. The Labute approximate surface area is 202 Å².